The van der Waals surface area contributed by atoms with Crippen molar-refractivity contribution in [2.75, 3.05) is 0 Å². The summed E-state index contributed by atoms with van der Waals surface area (Å²) in [6.45, 7) is 16.0. The molecular weight excluding hydrogens is 344 g/mol. The van der Waals surface area contributed by atoms with Crippen molar-refractivity contribution in [3.8, 4) is 0 Å². The number of hydrogen-bond acceptors (Lipinski definition) is 1. The van der Waals surface area contributed by atoms with Gasteiger partial charge in [0, 0.05) is 11.5 Å². The molecule has 0 aromatic heterocycles. The van der Waals surface area contributed by atoms with Gasteiger partial charge in [-0.1, -0.05) is 78.3 Å². The van der Waals surface area contributed by atoms with Crippen LogP contribution in [0.2, 0.25) is 0 Å². The molecule has 3 rings (SSSR count). The molecule has 0 bridgehead atoms. The van der Waals surface area contributed by atoms with Gasteiger partial charge in [0.2, 0.25) is 0 Å². The molecule has 0 amide bonds. The van der Waals surface area contributed by atoms with Gasteiger partial charge < -0.3 is 5.11 Å². The molecule has 28 heavy (non-hydrogen) atoms. The highest BCUT2D eigenvalue weighted by Crippen LogP contribution is 2.63. The molecule has 1 aromatic rings. The number of aliphatic carboxylic acids is 1. The summed E-state index contributed by atoms with van der Waals surface area (Å²) < 4.78 is 0. The minimum atomic E-state index is -0.882. The molecule has 2 heteroatoms. The maximum atomic E-state index is 10.9. The lowest BCUT2D eigenvalue weighted by molar-refractivity contribution is -0.131. The zero-order valence-corrected chi connectivity index (χ0v) is 18.6. The number of fused-ring (bicyclic) bond motifs is 1. The number of carbonyl (C=O) groups is 1. The van der Waals surface area contributed by atoms with E-state index < -0.39 is 5.97 Å². The zero-order chi connectivity index (χ0) is 20.9. The molecule has 0 spiro atoms. The normalized spacial score (nSPS) is 30.9. The van der Waals surface area contributed by atoms with E-state index in [1.54, 1.807) is 0 Å². The summed E-state index contributed by atoms with van der Waals surface area (Å²) in [5.74, 6) is 0.193. The lowest BCUT2D eigenvalue weighted by Crippen LogP contribution is -2.34. The van der Waals surface area contributed by atoms with Crippen LogP contribution < -0.4 is 0 Å². The van der Waals surface area contributed by atoms with Gasteiger partial charge in [-0.15, -0.1) is 0 Å². The number of carboxylic acids is 1. The van der Waals surface area contributed by atoms with Crippen LogP contribution in [0, 0.1) is 11.8 Å². The predicted octanol–water partition coefficient (Wildman–Crippen LogP) is 6.54. The van der Waals surface area contributed by atoms with E-state index in [-0.39, 0.29) is 16.2 Å². The molecule has 0 aliphatic heterocycles. The second kappa shape index (κ2) is 6.90. The molecule has 1 saturated carbocycles. The summed E-state index contributed by atoms with van der Waals surface area (Å²) in [5, 5.41) is 8.94. The maximum Gasteiger partial charge on any atom is 0.328 e. The van der Waals surface area contributed by atoms with Crippen molar-refractivity contribution in [2.45, 2.75) is 84.0 Å². The van der Waals surface area contributed by atoms with Gasteiger partial charge in [0.25, 0.3) is 0 Å². The smallest absolute Gasteiger partial charge is 0.328 e. The summed E-state index contributed by atoms with van der Waals surface area (Å²) >= 11 is 0. The number of rotatable bonds is 5. The molecule has 0 radical (unpaired) electrons. The lowest BCUT2D eigenvalue weighted by Gasteiger charge is -2.42. The monoisotopic (exact) mass is 380 g/mol. The molecule has 2 nitrogen and oxygen atoms in total. The van der Waals surface area contributed by atoms with Crippen molar-refractivity contribution in [3.05, 3.63) is 58.7 Å². The first-order valence-corrected chi connectivity index (χ1v) is 10.7. The number of allylic oxidation sites excluding steroid dienone is 3. The first kappa shape index (κ1) is 20.9. The fourth-order valence-electron chi connectivity index (χ4n) is 5.48. The third kappa shape index (κ3) is 3.47. The first-order valence-electron chi connectivity index (χ1n) is 10.7. The average Bonchev–Trinajstić information content (AvgIpc) is 3.21. The Labute approximate surface area is 170 Å². The van der Waals surface area contributed by atoms with Crippen molar-refractivity contribution < 1.29 is 9.90 Å². The average molecular weight is 381 g/mol. The van der Waals surface area contributed by atoms with E-state index in [1.807, 2.05) is 13.0 Å². The Balaban J connectivity index is 1.97. The van der Waals surface area contributed by atoms with Crippen LogP contribution in [0.3, 0.4) is 0 Å². The predicted molar refractivity (Wildman–Crippen MR) is 117 cm³/mol. The van der Waals surface area contributed by atoms with Crippen LogP contribution in [0.15, 0.2) is 42.0 Å². The third-order valence-corrected chi connectivity index (χ3v) is 7.62. The second-order valence-electron chi connectivity index (χ2n) is 10.4. The highest BCUT2D eigenvalue weighted by Gasteiger charge is 2.59. The molecule has 2 aliphatic carbocycles. The molecule has 3 atom stereocenters. The van der Waals surface area contributed by atoms with Crippen molar-refractivity contribution in [2.24, 2.45) is 11.8 Å². The molecule has 0 heterocycles. The Hall–Kier alpha value is -1.83. The van der Waals surface area contributed by atoms with Crippen molar-refractivity contribution in [1.82, 2.24) is 0 Å². The largest absolute Gasteiger partial charge is 0.478 e. The van der Waals surface area contributed by atoms with Crippen molar-refractivity contribution in [1.29, 1.82) is 0 Å². The highest BCUT2D eigenvalue weighted by atomic mass is 16.4. The Bertz CT molecular complexity index is 840. The van der Waals surface area contributed by atoms with Crippen LogP contribution in [0.25, 0.3) is 0 Å². The Morgan fingerprint density at radius 2 is 1.71 bits per heavy atom. The van der Waals surface area contributed by atoms with Crippen LogP contribution in [-0.2, 0) is 21.0 Å². The highest BCUT2D eigenvalue weighted by molar-refractivity contribution is 5.81. The van der Waals surface area contributed by atoms with Gasteiger partial charge in [-0.3, -0.25) is 0 Å². The van der Waals surface area contributed by atoms with Gasteiger partial charge in [-0.2, -0.15) is 0 Å². The molecule has 2 aliphatic rings. The van der Waals surface area contributed by atoms with Gasteiger partial charge in [-0.05, 0) is 64.7 Å². The summed E-state index contributed by atoms with van der Waals surface area (Å²) in [6, 6.07) is 7.24. The fraction of sp³-hybridized carbons (Fsp3) is 0.577. The summed E-state index contributed by atoms with van der Waals surface area (Å²) in [6.07, 6.45) is 9.10. The summed E-state index contributed by atoms with van der Waals surface area (Å²) in [5.41, 5.74) is 5.88. The van der Waals surface area contributed by atoms with Crippen molar-refractivity contribution in [3.63, 3.8) is 0 Å². The quantitative estimate of drug-likeness (QED) is 0.465. The van der Waals surface area contributed by atoms with Gasteiger partial charge in [0.05, 0.1) is 0 Å². The maximum absolute atomic E-state index is 10.9. The van der Waals surface area contributed by atoms with Gasteiger partial charge >= 0.3 is 5.97 Å². The van der Waals surface area contributed by atoms with E-state index >= 15 is 0 Å². The molecule has 1 aromatic carbocycles. The standard InChI is InChI=1S/C26H36O2/c1-8-19-21(11-9-17(2)15-23(27)28)26(19,7)18-10-12-20-22(16-18)25(5,6)14-13-24(20,3)4/h9-12,15-16,19,21H,8,13-14H2,1-7H3,(H,27,28)/b11-9+,17-15+/t19-,21+,26-/m1/s1. The Morgan fingerprint density at radius 3 is 2.29 bits per heavy atom. The number of carboxylic acid groups (broad SMARTS) is 1. The van der Waals surface area contributed by atoms with E-state index in [0.717, 1.165) is 12.0 Å². The molecule has 0 unspecified atom stereocenters. The van der Waals surface area contributed by atoms with Crippen LogP contribution in [0.5, 0.6) is 0 Å². The SMILES string of the molecule is CC[C@@H]1[C@H](/C=C/C(C)=C/C(=O)O)[C@]1(C)c1ccc2c(c1)C(C)(C)CCC2(C)C. The molecule has 1 fully saturated rings. The minimum absolute atomic E-state index is 0.140. The fourth-order valence-corrected chi connectivity index (χ4v) is 5.48. The summed E-state index contributed by atoms with van der Waals surface area (Å²) in [4.78, 5) is 10.9. The van der Waals surface area contributed by atoms with E-state index in [9.17, 15) is 4.79 Å². The molecule has 152 valence electrons. The van der Waals surface area contributed by atoms with E-state index in [4.69, 9.17) is 5.11 Å². The van der Waals surface area contributed by atoms with Crippen LogP contribution >= 0.6 is 0 Å². The van der Waals surface area contributed by atoms with Crippen LogP contribution in [0.4, 0.5) is 0 Å². The van der Waals surface area contributed by atoms with E-state index in [0.29, 0.717) is 11.8 Å². The topological polar surface area (TPSA) is 37.3 Å². The molecular formula is C26H36O2. The number of benzene rings is 1. The molecule has 0 saturated heterocycles. The van der Waals surface area contributed by atoms with Crippen LogP contribution in [-0.4, -0.2) is 11.1 Å². The lowest BCUT2D eigenvalue weighted by atomic mass is 9.62. The Morgan fingerprint density at radius 1 is 1.11 bits per heavy atom. The van der Waals surface area contributed by atoms with Gasteiger partial charge in [0.15, 0.2) is 0 Å². The second-order valence-corrected chi connectivity index (χ2v) is 10.4. The summed E-state index contributed by atoms with van der Waals surface area (Å²) in [7, 11) is 0. The van der Waals surface area contributed by atoms with Crippen LogP contribution in [0.1, 0.15) is 84.4 Å². The van der Waals surface area contributed by atoms with E-state index in [1.165, 1.54) is 35.6 Å². The van der Waals surface area contributed by atoms with Crippen molar-refractivity contribution >= 4 is 5.97 Å². The Kier molecular flexibility index (Phi) is 5.15. The third-order valence-electron chi connectivity index (χ3n) is 7.62. The minimum Gasteiger partial charge on any atom is -0.478 e. The zero-order valence-electron chi connectivity index (χ0n) is 18.6. The molecule has 1 N–H and O–H groups in total. The first-order chi connectivity index (χ1) is 12.9. The van der Waals surface area contributed by atoms with Gasteiger partial charge in [-0.25, -0.2) is 4.79 Å². The van der Waals surface area contributed by atoms with E-state index in [2.05, 4.69) is 65.8 Å². The number of hydrogen-bond donors (Lipinski definition) is 1. The van der Waals surface area contributed by atoms with Gasteiger partial charge in [0.1, 0.15) is 0 Å².